The summed E-state index contributed by atoms with van der Waals surface area (Å²) in [7, 11) is 0. The fourth-order valence-corrected chi connectivity index (χ4v) is 5.71. The standard InChI is InChI=1S/C24H32N8OS/c1-4-30(24(16-33)8-6-7-9-24)15-19-10-21(34-29-19)28-22-23-25-12-20(32(23)13-17(3)27-22)18-11-26-31(5-2)14-18/h10-14,33H,4-9,15-16H2,1-3H3,(H,27,28). The molecule has 0 saturated heterocycles. The summed E-state index contributed by atoms with van der Waals surface area (Å²) in [5, 5.41) is 18.9. The topological polar surface area (TPSA) is 96.4 Å². The minimum absolute atomic E-state index is 0.103. The lowest BCUT2D eigenvalue weighted by molar-refractivity contribution is 0.0307. The van der Waals surface area contributed by atoms with Gasteiger partial charge in [0.25, 0.3) is 0 Å². The molecule has 2 N–H and O–H groups in total. The maximum atomic E-state index is 10.1. The zero-order valence-electron chi connectivity index (χ0n) is 20.0. The van der Waals surface area contributed by atoms with Gasteiger partial charge in [0, 0.05) is 36.6 Å². The average molecular weight is 481 g/mol. The molecule has 0 amide bonds. The molecule has 9 nitrogen and oxygen atoms in total. The molecule has 5 rings (SSSR count). The monoisotopic (exact) mass is 480 g/mol. The van der Waals surface area contributed by atoms with E-state index < -0.39 is 0 Å². The maximum absolute atomic E-state index is 10.1. The van der Waals surface area contributed by atoms with Crippen molar-refractivity contribution in [1.29, 1.82) is 0 Å². The van der Waals surface area contributed by atoms with Crippen molar-refractivity contribution in [2.75, 3.05) is 18.5 Å². The van der Waals surface area contributed by atoms with E-state index in [9.17, 15) is 5.11 Å². The second-order valence-electron chi connectivity index (χ2n) is 9.06. The van der Waals surface area contributed by atoms with Gasteiger partial charge < -0.3 is 10.4 Å². The van der Waals surface area contributed by atoms with Crippen LogP contribution >= 0.6 is 11.5 Å². The van der Waals surface area contributed by atoms with Crippen molar-refractivity contribution in [3.8, 4) is 11.3 Å². The van der Waals surface area contributed by atoms with Crippen LogP contribution in [0.4, 0.5) is 10.8 Å². The summed E-state index contributed by atoms with van der Waals surface area (Å²) in [6.45, 7) is 8.88. The highest BCUT2D eigenvalue weighted by Crippen LogP contribution is 2.36. The third kappa shape index (κ3) is 4.21. The van der Waals surface area contributed by atoms with Crippen LogP contribution < -0.4 is 5.32 Å². The Bertz CT molecular complexity index is 1270. The Hall–Kier alpha value is -2.82. The van der Waals surface area contributed by atoms with Gasteiger partial charge in [-0.25, -0.2) is 9.97 Å². The van der Waals surface area contributed by atoms with Crippen LogP contribution in [0.15, 0.2) is 30.9 Å². The van der Waals surface area contributed by atoms with E-state index in [2.05, 4.69) is 44.6 Å². The van der Waals surface area contributed by atoms with E-state index in [4.69, 9.17) is 9.36 Å². The molecule has 180 valence electrons. The average Bonchev–Trinajstić information content (AvgIpc) is 3.64. The van der Waals surface area contributed by atoms with Gasteiger partial charge in [-0.1, -0.05) is 19.8 Å². The summed E-state index contributed by atoms with van der Waals surface area (Å²) >= 11 is 1.43. The third-order valence-corrected chi connectivity index (χ3v) is 7.64. The van der Waals surface area contributed by atoms with Crippen molar-refractivity contribution in [2.45, 2.75) is 65.1 Å². The number of hydrogen-bond acceptors (Lipinski definition) is 8. The fourth-order valence-electron chi connectivity index (χ4n) is 5.05. The number of hydrogen-bond donors (Lipinski definition) is 2. The van der Waals surface area contributed by atoms with Crippen molar-refractivity contribution in [3.05, 3.63) is 42.2 Å². The summed E-state index contributed by atoms with van der Waals surface area (Å²) in [6.07, 6.45) is 12.2. The second kappa shape index (κ2) is 9.44. The molecule has 0 unspecified atom stereocenters. The molecule has 4 aromatic heterocycles. The first-order chi connectivity index (χ1) is 16.5. The van der Waals surface area contributed by atoms with Crippen LogP contribution in [0.5, 0.6) is 0 Å². The summed E-state index contributed by atoms with van der Waals surface area (Å²) < 4.78 is 8.67. The summed E-state index contributed by atoms with van der Waals surface area (Å²) in [5.41, 5.74) is 4.57. The van der Waals surface area contributed by atoms with Gasteiger partial charge in [0.05, 0.1) is 36.1 Å². The summed E-state index contributed by atoms with van der Waals surface area (Å²) in [6, 6.07) is 2.09. The van der Waals surface area contributed by atoms with E-state index in [1.54, 1.807) is 0 Å². The van der Waals surface area contributed by atoms with Gasteiger partial charge in [0.1, 0.15) is 5.00 Å². The smallest absolute Gasteiger partial charge is 0.180 e. The Morgan fingerprint density at radius 2 is 2.03 bits per heavy atom. The zero-order valence-corrected chi connectivity index (χ0v) is 20.8. The van der Waals surface area contributed by atoms with E-state index in [0.29, 0.717) is 5.82 Å². The number of nitrogens with one attached hydrogen (secondary N) is 1. The Balaban J connectivity index is 1.39. The molecule has 1 saturated carbocycles. The lowest BCUT2D eigenvalue weighted by Crippen LogP contribution is -2.49. The first kappa shape index (κ1) is 22.9. The molecule has 4 aromatic rings. The fraction of sp³-hybridized carbons (Fsp3) is 0.500. The largest absolute Gasteiger partial charge is 0.394 e. The quantitative estimate of drug-likeness (QED) is 0.370. The van der Waals surface area contributed by atoms with Crippen LogP contribution in [0.3, 0.4) is 0 Å². The molecule has 1 fully saturated rings. The predicted molar refractivity (Wildman–Crippen MR) is 134 cm³/mol. The van der Waals surface area contributed by atoms with Gasteiger partial charge in [-0.15, -0.1) is 0 Å². The van der Waals surface area contributed by atoms with Crippen LogP contribution in [0.25, 0.3) is 16.9 Å². The highest BCUT2D eigenvalue weighted by atomic mass is 32.1. The van der Waals surface area contributed by atoms with Crippen LogP contribution in [-0.4, -0.2) is 57.2 Å². The number of rotatable bonds is 9. The summed E-state index contributed by atoms with van der Waals surface area (Å²) in [5.74, 6) is 0.708. The van der Waals surface area contributed by atoms with Crippen LogP contribution in [-0.2, 0) is 13.1 Å². The van der Waals surface area contributed by atoms with Crippen molar-refractivity contribution >= 4 is 28.0 Å². The van der Waals surface area contributed by atoms with Gasteiger partial charge in [0.2, 0.25) is 0 Å². The SMILES string of the molecule is CCN(Cc1cc(Nc2nc(C)cn3c(-c4cnn(CC)c4)cnc23)sn1)C1(CO)CCCC1. The highest BCUT2D eigenvalue weighted by molar-refractivity contribution is 7.10. The number of aliphatic hydroxyl groups excluding tert-OH is 1. The van der Waals surface area contributed by atoms with Gasteiger partial charge in [-0.2, -0.15) is 9.47 Å². The van der Waals surface area contributed by atoms with Crippen LogP contribution in [0, 0.1) is 6.92 Å². The number of imidazole rings is 1. The number of aromatic nitrogens is 6. The summed E-state index contributed by atoms with van der Waals surface area (Å²) in [4.78, 5) is 11.8. The highest BCUT2D eigenvalue weighted by Gasteiger charge is 2.38. The molecule has 1 aliphatic carbocycles. The molecular formula is C24H32N8OS. The van der Waals surface area contributed by atoms with Crippen molar-refractivity contribution < 1.29 is 5.11 Å². The molecule has 0 aliphatic heterocycles. The third-order valence-electron chi connectivity index (χ3n) is 6.90. The Morgan fingerprint density at radius 3 is 2.74 bits per heavy atom. The number of anilines is 2. The molecule has 0 radical (unpaired) electrons. The Kier molecular flexibility index (Phi) is 6.37. The van der Waals surface area contributed by atoms with E-state index >= 15 is 0 Å². The Morgan fingerprint density at radius 1 is 1.21 bits per heavy atom. The molecule has 4 heterocycles. The van der Waals surface area contributed by atoms with Crippen LogP contribution in [0.1, 0.15) is 50.9 Å². The predicted octanol–water partition coefficient (Wildman–Crippen LogP) is 4.25. The van der Waals surface area contributed by atoms with Crippen molar-refractivity contribution in [2.24, 2.45) is 0 Å². The molecule has 0 spiro atoms. The number of fused-ring (bicyclic) bond motifs is 1. The number of aryl methyl sites for hydroxylation is 2. The normalized spacial score (nSPS) is 15.6. The molecule has 1 aliphatic rings. The number of aliphatic hydroxyl groups is 1. The lowest BCUT2D eigenvalue weighted by atomic mass is 9.96. The van der Waals surface area contributed by atoms with Crippen LogP contribution in [0.2, 0.25) is 0 Å². The van der Waals surface area contributed by atoms with E-state index in [1.807, 2.05) is 36.4 Å². The minimum Gasteiger partial charge on any atom is -0.394 e. The second-order valence-corrected chi connectivity index (χ2v) is 9.87. The molecule has 10 heteroatoms. The van der Waals surface area contributed by atoms with E-state index in [1.165, 1.54) is 24.4 Å². The van der Waals surface area contributed by atoms with Gasteiger partial charge in [0.15, 0.2) is 11.5 Å². The maximum Gasteiger partial charge on any atom is 0.180 e. The van der Waals surface area contributed by atoms with E-state index in [-0.39, 0.29) is 12.1 Å². The molecule has 0 atom stereocenters. The van der Waals surface area contributed by atoms with Gasteiger partial charge in [-0.3, -0.25) is 14.0 Å². The number of likely N-dealkylation sites (N-methyl/N-ethyl adjacent to an activating group) is 1. The molecular weight excluding hydrogens is 448 g/mol. The lowest BCUT2D eigenvalue weighted by Gasteiger charge is -2.39. The van der Waals surface area contributed by atoms with Gasteiger partial charge >= 0.3 is 0 Å². The van der Waals surface area contributed by atoms with Gasteiger partial charge in [-0.05, 0) is 50.8 Å². The van der Waals surface area contributed by atoms with E-state index in [0.717, 1.165) is 65.8 Å². The Labute approximate surface area is 203 Å². The molecule has 0 aromatic carbocycles. The van der Waals surface area contributed by atoms with Crippen molar-refractivity contribution in [1.82, 2.24) is 33.4 Å². The molecule has 34 heavy (non-hydrogen) atoms. The first-order valence-electron chi connectivity index (χ1n) is 12.0. The van der Waals surface area contributed by atoms with Crippen molar-refractivity contribution in [3.63, 3.8) is 0 Å². The zero-order chi connectivity index (χ0) is 23.7. The number of nitrogens with zero attached hydrogens (tertiary/aromatic N) is 7. The molecule has 0 bridgehead atoms. The first-order valence-corrected chi connectivity index (χ1v) is 12.8. The minimum atomic E-state index is -0.103.